The first kappa shape index (κ1) is 18.6. The SMILES string of the molecule is C=C(O)c1ccc(NC(=C)c2cc(-c3ccco3)nc3c(C)cc(C)cc23)cc1. The lowest BCUT2D eigenvalue weighted by Gasteiger charge is -2.15. The number of aliphatic hydroxyl groups is 1. The second-order valence-corrected chi connectivity index (χ2v) is 7.14. The third-order valence-corrected chi connectivity index (χ3v) is 4.86. The van der Waals surface area contributed by atoms with Crippen LogP contribution in [0.1, 0.15) is 22.3 Å². The van der Waals surface area contributed by atoms with Crippen LogP contribution in [0.25, 0.3) is 33.8 Å². The maximum Gasteiger partial charge on any atom is 0.152 e. The fraction of sp³-hybridized carbons (Fsp3) is 0.0800. The summed E-state index contributed by atoms with van der Waals surface area (Å²) in [4.78, 5) is 4.84. The van der Waals surface area contributed by atoms with E-state index in [2.05, 4.69) is 44.5 Å². The van der Waals surface area contributed by atoms with E-state index < -0.39 is 0 Å². The van der Waals surface area contributed by atoms with Gasteiger partial charge in [0.15, 0.2) is 5.76 Å². The molecule has 0 radical (unpaired) electrons. The van der Waals surface area contributed by atoms with Crippen molar-refractivity contribution in [2.45, 2.75) is 13.8 Å². The molecule has 0 fully saturated rings. The predicted octanol–water partition coefficient (Wildman–Crippen LogP) is 6.72. The van der Waals surface area contributed by atoms with Gasteiger partial charge in [-0.15, -0.1) is 0 Å². The van der Waals surface area contributed by atoms with Gasteiger partial charge in [0.2, 0.25) is 0 Å². The molecule has 2 aromatic carbocycles. The van der Waals surface area contributed by atoms with E-state index in [4.69, 9.17) is 9.40 Å². The lowest BCUT2D eigenvalue weighted by Crippen LogP contribution is -2.01. The molecule has 2 N–H and O–H groups in total. The molecule has 0 aliphatic rings. The van der Waals surface area contributed by atoms with E-state index in [1.54, 1.807) is 6.26 Å². The standard InChI is InChI=1S/C25H22N2O2/c1-15-12-16(2)25-22(13-15)21(14-23(27-25)24-6-5-11-29-24)17(3)26-20-9-7-19(8-10-20)18(4)28/h5-14,26,28H,3-4H2,1-2H3. The normalized spacial score (nSPS) is 10.8. The van der Waals surface area contributed by atoms with Crippen LogP contribution in [-0.4, -0.2) is 10.1 Å². The first-order valence-corrected chi connectivity index (χ1v) is 9.33. The van der Waals surface area contributed by atoms with Gasteiger partial charge < -0.3 is 14.8 Å². The highest BCUT2D eigenvalue weighted by Crippen LogP contribution is 2.32. The van der Waals surface area contributed by atoms with Gasteiger partial charge >= 0.3 is 0 Å². The fourth-order valence-electron chi connectivity index (χ4n) is 3.47. The predicted molar refractivity (Wildman–Crippen MR) is 120 cm³/mol. The average Bonchev–Trinajstić information content (AvgIpc) is 3.22. The third kappa shape index (κ3) is 3.65. The number of benzene rings is 2. The van der Waals surface area contributed by atoms with E-state index in [1.165, 1.54) is 5.56 Å². The van der Waals surface area contributed by atoms with Crippen LogP contribution in [0, 0.1) is 13.8 Å². The van der Waals surface area contributed by atoms with Crippen molar-refractivity contribution in [3.8, 4) is 11.5 Å². The third-order valence-electron chi connectivity index (χ3n) is 4.86. The minimum Gasteiger partial charge on any atom is -0.508 e. The van der Waals surface area contributed by atoms with Crippen molar-refractivity contribution in [1.82, 2.24) is 4.98 Å². The van der Waals surface area contributed by atoms with Crippen molar-refractivity contribution in [2.75, 3.05) is 5.32 Å². The smallest absolute Gasteiger partial charge is 0.152 e. The number of nitrogens with one attached hydrogen (secondary N) is 1. The number of pyridine rings is 1. The molecule has 0 bridgehead atoms. The lowest BCUT2D eigenvalue weighted by molar-refractivity contribution is 0.514. The highest BCUT2D eigenvalue weighted by Gasteiger charge is 2.14. The molecule has 0 aliphatic heterocycles. The molecule has 0 aliphatic carbocycles. The fourth-order valence-corrected chi connectivity index (χ4v) is 3.47. The van der Waals surface area contributed by atoms with Gasteiger partial charge in [-0.1, -0.05) is 24.8 Å². The van der Waals surface area contributed by atoms with Crippen molar-refractivity contribution in [1.29, 1.82) is 0 Å². The molecule has 29 heavy (non-hydrogen) atoms. The zero-order valence-corrected chi connectivity index (χ0v) is 16.5. The number of fused-ring (bicyclic) bond motifs is 1. The van der Waals surface area contributed by atoms with Crippen LogP contribution < -0.4 is 5.32 Å². The molecule has 0 unspecified atom stereocenters. The number of rotatable bonds is 5. The number of aryl methyl sites for hydroxylation is 2. The zero-order chi connectivity index (χ0) is 20.5. The Hall–Kier alpha value is -3.79. The molecule has 4 rings (SSSR count). The van der Waals surface area contributed by atoms with Gasteiger partial charge in [0.25, 0.3) is 0 Å². The van der Waals surface area contributed by atoms with E-state index in [9.17, 15) is 5.11 Å². The molecule has 0 saturated heterocycles. The number of hydrogen-bond donors (Lipinski definition) is 2. The minimum atomic E-state index is 0.0459. The van der Waals surface area contributed by atoms with Crippen LogP contribution in [-0.2, 0) is 0 Å². The summed E-state index contributed by atoms with van der Waals surface area (Å²) in [5.74, 6) is 0.760. The van der Waals surface area contributed by atoms with E-state index in [0.717, 1.165) is 39.1 Å². The number of anilines is 1. The number of hydrogen-bond acceptors (Lipinski definition) is 4. The topological polar surface area (TPSA) is 58.3 Å². The molecular formula is C25H22N2O2. The van der Waals surface area contributed by atoms with E-state index in [0.29, 0.717) is 11.3 Å². The highest BCUT2D eigenvalue weighted by molar-refractivity contribution is 5.97. The Labute approximate surface area is 169 Å². The van der Waals surface area contributed by atoms with Crippen LogP contribution in [0.5, 0.6) is 0 Å². The van der Waals surface area contributed by atoms with Crippen LogP contribution in [0.15, 0.2) is 78.4 Å². The summed E-state index contributed by atoms with van der Waals surface area (Å²) in [7, 11) is 0. The Morgan fingerprint density at radius 3 is 2.45 bits per heavy atom. The first-order chi connectivity index (χ1) is 13.9. The molecule has 0 atom stereocenters. The van der Waals surface area contributed by atoms with Crippen molar-refractivity contribution >= 4 is 28.0 Å². The quantitative estimate of drug-likeness (QED) is 0.376. The van der Waals surface area contributed by atoms with Gasteiger partial charge in [-0.3, -0.25) is 0 Å². The second-order valence-electron chi connectivity index (χ2n) is 7.14. The highest BCUT2D eigenvalue weighted by atomic mass is 16.3. The molecule has 4 aromatic rings. The maximum absolute atomic E-state index is 9.52. The van der Waals surface area contributed by atoms with Gasteiger partial charge in [-0.2, -0.15) is 0 Å². The molecular weight excluding hydrogens is 360 g/mol. The molecule has 0 amide bonds. The van der Waals surface area contributed by atoms with E-state index >= 15 is 0 Å². The summed E-state index contributed by atoms with van der Waals surface area (Å²) in [5.41, 5.74) is 7.23. The zero-order valence-electron chi connectivity index (χ0n) is 16.5. The Morgan fingerprint density at radius 2 is 1.79 bits per heavy atom. The largest absolute Gasteiger partial charge is 0.508 e. The number of furan rings is 1. The van der Waals surface area contributed by atoms with Crippen molar-refractivity contribution in [3.05, 3.63) is 96.3 Å². The minimum absolute atomic E-state index is 0.0459. The van der Waals surface area contributed by atoms with Crippen LogP contribution in [0.4, 0.5) is 5.69 Å². The first-order valence-electron chi connectivity index (χ1n) is 9.33. The van der Waals surface area contributed by atoms with Gasteiger partial charge in [-0.05, 0) is 67.9 Å². The molecule has 144 valence electrons. The van der Waals surface area contributed by atoms with Gasteiger partial charge in [0.05, 0.1) is 11.8 Å². The summed E-state index contributed by atoms with van der Waals surface area (Å²) >= 11 is 0. The molecule has 0 spiro atoms. The summed E-state index contributed by atoms with van der Waals surface area (Å²) in [6.45, 7) is 12.0. The van der Waals surface area contributed by atoms with Gasteiger partial charge in [-0.25, -0.2) is 4.98 Å². The Balaban J connectivity index is 1.80. The molecule has 2 heterocycles. The second kappa shape index (κ2) is 7.32. The van der Waals surface area contributed by atoms with E-state index in [1.807, 2.05) is 42.5 Å². The molecule has 2 aromatic heterocycles. The van der Waals surface area contributed by atoms with Crippen LogP contribution >= 0.6 is 0 Å². The summed E-state index contributed by atoms with van der Waals surface area (Å²) in [6.07, 6.45) is 1.65. The summed E-state index contributed by atoms with van der Waals surface area (Å²) < 4.78 is 5.58. The average molecular weight is 382 g/mol. The van der Waals surface area contributed by atoms with Crippen LogP contribution in [0.3, 0.4) is 0 Å². The summed E-state index contributed by atoms with van der Waals surface area (Å²) in [6, 6.07) is 17.4. The molecule has 4 heteroatoms. The molecule has 0 saturated carbocycles. The Kier molecular flexibility index (Phi) is 4.69. The van der Waals surface area contributed by atoms with Crippen molar-refractivity contribution in [3.63, 3.8) is 0 Å². The summed E-state index contributed by atoms with van der Waals surface area (Å²) in [5, 5.41) is 13.9. The number of aromatic nitrogens is 1. The Bertz CT molecular complexity index is 1220. The lowest BCUT2D eigenvalue weighted by atomic mass is 9.99. The molecule has 4 nitrogen and oxygen atoms in total. The monoisotopic (exact) mass is 382 g/mol. The van der Waals surface area contributed by atoms with Crippen LogP contribution in [0.2, 0.25) is 0 Å². The van der Waals surface area contributed by atoms with Crippen molar-refractivity contribution < 1.29 is 9.52 Å². The number of nitrogens with zero attached hydrogens (tertiary/aromatic N) is 1. The number of aliphatic hydroxyl groups excluding tert-OH is 1. The van der Waals surface area contributed by atoms with Gasteiger partial charge in [0.1, 0.15) is 11.5 Å². The Morgan fingerprint density at radius 1 is 1.03 bits per heavy atom. The van der Waals surface area contributed by atoms with E-state index in [-0.39, 0.29) is 5.76 Å². The maximum atomic E-state index is 9.52. The van der Waals surface area contributed by atoms with Gasteiger partial charge in [0, 0.05) is 27.9 Å². The van der Waals surface area contributed by atoms with Crippen molar-refractivity contribution in [2.24, 2.45) is 0 Å².